The lowest BCUT2D eigenvalue weighted by atomic mass is 9.30. The molecule has 2 aliphatic carbocycles. The number of rotatable bonds is 2. The van der Waals surface area contributed by atoms with Crippen LogP contribution >= 0.6 is 0 Å². The monoisotopic (exact) mass is 208 g/mol. The molecule has 3 unspecified atom stereocenters. The SMILES string of the molecule is CCC1(C2(C)C(C)C(C)C2(C)C)CCC1. The first-order valence-corrected chi connectivity index (χ1v) is 6.83. The third-order valence-corrected chi connectivity index (χ3v) is 7.23. The minimum Gasteiger partial charge on any atom is -0.0648 e. The zero-order chi connectivity index (χ0) is 11.5. The third-order valence-electron chi connectivity index (χ3n) is 7.23. The zero-order valence-corrected chi connectivity index (χ0v) is 11.5. The minimum absolute atomic E-state index is 0.544. The maximum absolute atomic E-state index is 2.58. The van der Waals surface area contributed by atoms with Crippen LogP contribution in [0.1, 0.15) is 67.2 Å². The molecule has 0 spiro atoms. The lowest BCUT2D eigenvalue weighted by Crippen LogP contribution is -2.68. The third kappa shape index (κ3) is 0.996. The lowest BCUT2D eigenvalue weighted by molar-refractivity contribution is -0.260. The van der Waals surface area contributed by atoms with Crippen molar-refractivity contribution in [2.75, 3.05) is 0 Å². The fourth-order valence-electron chi connectivity index (χ4n) is 5.10. The second-order valence-electron chi connectivity index (χ2n) is 6.99. The Kier molecular flexibility index (Phi) is 2.31. The molecule has 0 aromatic carbocycles. The molecule has 3 atom stereocenters. The maximum atomic E-state index is 2.58. The van der Waals surface area contributed by atoms with Gasteiger partial charge in [0.1, 0.15) is 0 Å². The molecule has 0 radical (unpaired) electrons. The van der Waals surface area contributed by atoms with E-state index < -0.39 is 0 Å². The van der Waals surface area contributed by atoms with Gasteiger partial charge in [0, 0.05) is 0 Å². The second-order valence-corrected chi connectivity index (χ2v) is 6.99. The van der Waals surface area contributed by atoms with Crippen molar-refractivity contribution in [3.05, 3.63) is 0 Å². The topological polar surface area (TPSA) is 0 Å². The van der Waals surface area contributed by atoms with Gasteiger partial charge in [-0.25, -0.2) is 0 Å². The molecule has 0 nitrogen and oxygen atoms in total. The smallest absolute Gasteiger partial charge is 0.0187 e. The van der Waals surface area contributed by atoms with Crippen molar-refractivity contribution in [1.82, 2.24) is 0 Å². The van der Waals surface area contributed by atoms with Gasteiger partial charge in [-0.1, -0.05) is 48.0 Å². The molecule has 0 heterocycles. The molecule has 0 N–H and O–H groups in total. The Morgan fingerprint density at radius 2 is 1.53 bits per heavy atom. The summed E-state index contributed by atoms with van der Waals surface area (Å²) in [6.07, 6.45) is 5.84. The molecule has 0 aromatic heterocycles. The molecule has 2 fully saturated rings. The lowest BCUT2D eigenvalue weighted by Gasteiger charge is -2.74. The van der Waals surface area contributed by atoms with Crippen LogP contribution in [0.4, 0.5) is 0 Å². The highest BCUT2D eigenvalue weighted by Gasteiger charge is 2.69. The largest absolute Gasteiger partial charge is 0.0648 e. The van der Waals surface area contributed by atoms with E-state index in [2.05, 4.69) is 41.5 Å². The van der Waals surface area contributed by atoms with E-state index in [4.69, 9.17) is 0 Å². The van der Waals surface area contributed by atoms with E-state index in [-0.39, 0.29) is 0 Å². The summed E-state index contributed by atoms with van der Waals surface area (Å²) < 4.78 is 0. The van der Waals surface area contributed by atoms with Crippen LogP contribution in [0.15, 0.2) is 0 Å². The maximum Gasteiger partial charge on any atom is -0.0187 e. The average Bonchev–Trinajstić information content (AvgIpc) is 2.14. The predicted molar refractivity (Wildman–Crippen MR) is 66.8 cm³/mol. The molecule has 2 rings (SSSR count). The molecular formula is C15H28. The van der Waals surface area contributed by atoms with Gasteiger partial charge in [-0.2, -0.15) is 0 Å². The molecule has 0 bridgehead atoms. The van der Waals surface area contributed by atoms with Crippen molar-refractivity contribution in [2.45, 2.75) is 67.2 Å². The summed E-state index contributed by atoms with van der Waals surface area (Å²) in [5.74, 6) is 1.80. The molecular weight excluding hydrogens is 180 g/mol. The van der Waals surface area contributed by atoms with Gasteiger partial charge in [0.25, 0.3) is 0 Å². The Hall–Kier alpha value is 0. The quantitative estimate of drug-likeness (QED) is 0.606. The van der Waals surface area contributed by atoms with Crippen molar-refractivity contribution < 1.29 is 0 Å². The molecule has 0 aliphatic heterocycles. The minimum atomic E-state index is 0.544. The zero-order valence-electron chi connectivity index (χ0n) is 11.5. The van der Waals surface area contributed by atoms with Gasteiger partial charge in [-0.15, -0.1) is 0 Å². The van der Waals surface area contributed by atoms with Crippen molar-refractivity contribution in [3.8, 4) is 0 Å². The molecule has 2 aliphatic rings. The normalized spacial score (nSPS) is 46.8. The van der Waals surface area contributed by atoms with Crippen LogP contribution in [-0.4, -0.2) is 0 Å². The van der Waals surface area contributed by atoms with Gasteiger partial charge in [-0.3, -0.25) is 0 Å². The van der Waals surface area contributed by atoms with Gasteiger partial charge >= 0.3 is 0 Å². The standard InChI is InChI=1S/C15H28/c1-7-15(9-8-10-15)14(6)12(3)11(2)13(14,4)5/h11-12H,7-10H2,1-6H3. The first kappa shape index (κ1) is 11.5. The van der Waals surface area contributed by atoms with Crippen LogP contribution in [0.25, 0.3) is 0 Å². The Morgan fingerprint density at radius 1 is 1.00 bits per heavy atom. The van der Waals surface area contributed by atoms with E-state index in [1.165, 1.54) is 25.7 Å². The summed E-state index contributed by atoms with van der Waals surface area (Å²) in [5.41, 5.74) is 1.82. The highest BCUT2D eigenvalue weighted by molar-refractivity contribution is 5.17. The number of hydrogen-bond acceptors (Lipinski definition) is 0. The predicted octanol–water partition coefficient (Wildman–Crippen LogP) is 4.89. The first-order chi connectivity index (χ1) is 6.83. The molecule has 0 aromatic rings. The fraction of sp³-hybridized carbons (Fsp3) is 1.00. The Balaban J connectivity index is 2.34. The Morgan fingerprint density at radius 3 is 1.80 bits per heavy atom. The molecule has 0 saturated heterocycles. The Bertz CT molecular complexity index is 254. The van der Waals surface area contributed by atoms with Gasteiger partial charge in [0.2, 0.25) is 0 Å². The van der Waals surface area contributed by atoms with Crippen molar-refractivity contribution >= 4 is 0 Å². The molecule has 88 valence electrons. The van der Waals surface area contributed by atoms with E-state index >= 15 is 0 Å². The van der Waals surface area contributed by atoms with Crippen molar-refractivity contribution in [2.24, 2.45) is 28.1 Å². The highest BCUT2D eigenvalue weighted by atomic mass is 14.7. The van der Waals surface area contributed by atoms with E-state index in [1.54, 1.807) is 0 Å². The van der Waals surface area contributed by atoms with Gasteiger partial charge < -0.3 is 0 Å². The molecule has 0 heteroatoms. The van der Waals surface area contributed by atoms with Crippen LogP contribution < -0.4 is 0 Å². The summed E-state index contributed by atoms with van der Waals surface area (Å²) in [5, 5.41) is 0. The van der Waals surface area contributed by atoms with Crippen LogP contribution in [0.3, 0.4) is 0 Å². The van der Waals surface area contributed by atoms with Crippen LogP contribution in [0.2, 0.25) is 0 Å². The van der Waals surface area contributed by atoms with E-state index in [1.807, 2.05) is 0 Å². The average molecular weight is 208 g/mol. The van der Waals surface area contributed by atoms with Gasteiger partial charge in [0.05, 0.1) is 0 Å². The molecule has 2 saturated carbocycles. The summed E-state index contributed by atoms with van der Waals surface area (Å²) in [6.45, 7) is 15.0. The Labute approximate surface area is 95.8 Å². The highest BCUT2D eigenvalue weighted by Crippen LogP contribution is 2.75. The van der Waals surface area contributed by atoms with Crippen LogP contribution in [0.5, 0.6) is 0 Å². The number of hydrogen-bond donors (Lipinski definition) is 0. The summed E-state index contributed by atoms with van der Waals surface area (Å²) >= 11 is 0. The van der Waals surface area contributed by atoms with Crippen molar-refractivity contribution in [3.63, 3.8) is 0 Å². The van der Waals surface area contributed by atoms with E-state index in [0.29, 0.717) is 16.2 Å². The summed E-state index contributed by atoms with van der Waals surface area (Å²) in [4.78, 5) is 0. The first-order valence-electron chi connectivity index (χ1n) is 6.83. The molecule has 0 amide bonds. The van der Waals surface area contributed by atoms with Gasteiger partial charge in [0.15, 0.2) is 0 Å². The van der Waals surface area contributed by atoms with Gasteiger partial charge in [-0.05, 0) is 47.3 Å². The fourth-order valence-corrected chi connectivity index (χ4v) is 5.10. The van der Waals surface area contributed by atoms with Crippen LogP contribution in [-0.2, 0) is 0 Å². The second kappa shape index (κ2) is 3.02. The summed E-state index contributed by atoms with van der Waals surface area (Å²) in [6, 6.07) is 0. The van der Waals surface area contributed by atoms with E-state index in [9.17, 15) is 0 Å². The molecule has 15 heavy (non-hydrogen) atoms. The van der Waals surface area contributed by atoms with E-state index in [0.717, 1.165) is 11.8 Å². The van der Waals surface area contributed by atoms with Crippen molar-refractivity contribution in [1.29, 1.82) is 0 Å². The van der Waals surface area contributed by atoms with Crippen LogP contribution in [0, 0.1) is 28.1 Å². The summed E-state index contributed by atoms with van der Waals surface area (Å²) in [7, 11) is 0.